The smallest absolute Gasteiger partial charge is 0.293 e. The van der Waals surface area contributed by atoms with E-state index in [-0.39, 0.29) is 17.1 Å². The van der Waals surface area contributed by atoms with Crippen molar-refractivity contribution in [2.24, 2.45) is 5.92 Å². The number of imide groups is 1. The Balaban J connectivity index is 1.85. The zero-order valence-corrected chi connectivity index (χ0v) is 15.9. The van der Waals surface area contributed by atoms with Crippen LogP contribution in [-0.4, -0.2) is 22.6 Å². The average molecular weight is 396 g/mol. The summed E-state index contributed by atoms with van der Waals surface area (Å²) >= 11 is 13.0. The maximum absolute atomic E-state index is 12.4. The molecule has 2 heterocycles. The summed E-state index contributed by atoms with van der Waals surface area (Å²) in [5.41, 5.74) is 0.707. The van der Waals surface area contributed by atoms with E-state index >= 15 is 0 Å². The van der Waals surface area contributed by atoms with E-state index in [9.17, 15) is 9.59 Å². The number of rotatable bonds is 4. The van der Waals surface area contributed by atoms with Crippen molar-refractivity contribution in [3.05, 3.63) is 51.0 Å². The third-order valence-corrected chi connectivity index (χ3v) is 4.97. The second kappa shape index (κ2) is 7.28. The molecular formula is C18H15Cl2NO3S. The highest BCUT2D eigenvalue weighted by molar-refractivity contribution is 8.18. The molecule has 1 fully saturated rings. The van der Waals surface area contributed by atoms with Gasteiger partial charge in [0.25, 0.3) is 11.1 Å². The predicted octanol–water partition coefficient (Wildman–Crippen LogP) is 5.95. The highest BCUT2D eigenvalue weighted by Gasteiger charge is 2.35. The van der Waals surface area contributed by atoms with Gasteiger partial charge < -0.3 is 4.42 Å². The number of hydrogen-bond acceptors (Lipinski definition) is 4. The first-order valence-corrected chi connectivity index (χ1v) is 9.23. The summed E-state index contributed by atoms with van der Waals surface area (Å²) in [7, 11) is 0. The molecule has 1 aliphatic heterocycles. The van der Waals surface area contributed by atoms with E-state index in [1.165, 1.54) is 4.90 Å². The molecule has 0 unspecified atom stereocenters. The SMILES string of the molecule is CC(C)CN1C(=O)S/C(=C/c2ccc(-c3ccc(Cl)cc3Cl)o2)C1=O. The van der Waals surface area contributed by atoms with Crippen molar-refractivity contribution in [2.45, 2.75) is 13.8 Å². The minimum atomic E-state index is -0.286. The van der Waals surface area contributed by atoms with Crippen LogP contribution in [0.3, 0.4) is 0 Å². The lowest BCUT2D eigenvalue weighted by atomic mass is 10.2. The van der Waals surface area contributed by atoms with Gasteiger partial charge in [-0.2, -0.15) is 0 Å². The van der Waals surface area contributed by atoms with Gasteiger partial charge in [0.05, 0.1) is 9.93 Å². The van der Waals surface area contributed by atoms with Gasteiger partial charge in [-0.3, -0.25) is 14.5 Å². The highest BCUT2D eigenvalue weighted by atomic mass is 35.5. The Labute approximate surface area is 159 Å². The van der Waals surface area contributed by atoms with Crippen LogP contribution in [0.1, 0.15) is 19.6 Å². The van der Waals surface area contributed by atoms with Crippen LogP contribution in [0.5, 0.6) is 0 Å². The molecule has 25 heavy (non-hydrogen) atoms. The zero-order chi connectivity index (χ0) is 18.1. The number of thioether (sulfide) groups is 1. The van der Waals surface area contributed by atoms with Crippen LogP contribution in [0.4, 0.5) is 4.79 Å². The van der Waals surface area contributed by atoms with Crippen LogP contribution >= 0.6 is 35.0 Å². The van der Waals surface area contributed by atoms with Gasteiger partial charge in [-0.15, -0.1) is 0 Å². The molecule has 0 N–H and O–H groups in total. The van der Waals surface area contributed by atoms with E-state index < -0.39 is 0 Å². The summed E-state index contributed by atoms with van der Waals surface area (Å²) in [5, 5.41) is 0.766. The van der Waals surface area contributed by atoms with Gasteiger partial charge in [0.15, 0.2) is 0 Å². The number of hydrogen-bond donors (Lipinski definition) is 0. The average Bonchev–Trinajstić information content (AvgIpc) is 3.08. The molecule has 1 aromatic carbocycles. The van der Waals surface area contributed by atoms with Crippen LogP contribution < -0.4 is 0 Å². The number of nitrogens with zero attached hydrogens (tertiary/aromatic N) is 1. The lowest BCUT2D eigenvalue weighted by Crippen LogP contribution is -2.31. The molecular weight excluding hydrogens is 381 g/mol. The maximum Gasteiger partial charge on any atom is 0.293 e. The van der Waals surface area contributed by atoms with Crippen molar-refractivity contribution in [3.8, 4) is 11.3 Å². The topological polar surface area (TPSA) is 50.5 Å². The van der Waals surface area contributed by atoms with E-state index in [0.717, 1.165) is 11.8 Å². The molecule has 130 valence electrons. The predicted molar refractivity (Wildman–Crippen MR) is 102 cm³/mol. The summed E-state index contributed by atoms with van der Waals surface area (Å²) in [6, 6.07) is 8.62. The van der Waals surface area contributed by atoms with Crippen LogP contribution in [0.15, 0.2) is 39.7 Å². The van der Waals surface area contributed by atoms with Crippen LogP contribution in [-0.2, 0) is 4.79 Å². The first kappa shape index (κ1) is 18.1. The fourth-order valence-corrected chi connectivity index (χ4v) is 3.75. The number of amides is 2. The standard InChI is InChI=1S/C18H15Cl2NO3S/c1-10(2)9-21-17(22)16(25-18(21)23)8-12-4-6-15(24-12)13-5-3-11(19)7-14(13)20/h3-8,10H,9H2,1-2H3/b16-8+. The third kappa shape index (κ3) is 3.94. The molecule has 2 amide bonds. The summed E-state index contributed by atoms with van der Waals surface area (Å²) in [6.07, 6.45) is 1.58. The molecule has 0 spiro atoms. The van der Waals surface area contributed by atoms with Gasteiger partial charge in [-0.05, 0) is 48.0 Å². The molecule has 0 saturated carbocycles. The van der Waals surface area contributed by atoms with Crippen LogP contribution in [0, 0.1) is 5.92 Å². The first-order valence-electron chi connectivity index (χ1n) is 7.66. The van der Waals surface area contributed by atoms with Crippen LogP contribution in [0.25, 0.3) is 17.4 Å². The monoisotopic (exact) mass is 395 g/mol. The molecule has 1 aliphatic rings. The minimum absolute atomic E-state index is 0.218. The van der Waals surface area contributed by atoms with Crippen molar-refractivity contribution in [3.63, 3.8) is 0 Å². The second-order valence-electron chi connectivity index (χ2n) is 6.01. The van der Waals surface area contributed by atoms with Gasteiger partial charge in [0.1, 0.15) is 11.5 Å². The Kier molecular flexibility index (Phi) is 5.27. The van der Waals surface area contributed by atoms with E-state index in [4.69, 9.17) is 27.6 Å². The van der Waals surface area contributed by atoms with Crippen LogP contribution in [0.2, 0.25) is 10.0 Å². The van der Waals surface area contributed by atoms with Crippen molar-refractivity contribution in [2.75, 3.05) is 6.54 Å². The molecule has 0 bridgehead atoms. The Morgan fingerprint density at radius 3 is 2.64 bits per heavy atom. The summed E-state index contributed by atoms with van der Waals surface area (Å²) in [6.45, 7) is 4.33. The van der Waals surface area contributed by atoms with E-state index in [1.54, 1.807) is 36.4 Å². The fraction of sp³-hybridized carbons (Fsp3) is 0.222. The van der Waals surface area contributed by atoms with Gasteiger partial charge in [0, 0.05) is 23.2 Å². The zero-order valence-electron chi connectivity index (χ0n) is 13.6. The summed E-state index contributed by atoms with van der Waals surface area (Å²) < 4.78 is 5.75. The fourth-order valence-electron chi connectivity index (χ4n) is 2.42. The quantitative estimate of drug-likeness (QED) is 0.600. The molecule has 1 aromatic heterocycles. The molecule has 0 aliphatic carbocycles. The van der Waals surface area contributed by atoms with Gasteiger partial charge in [0.2, 0.25) is 0 Å². The Morgan fingerprint density at radius 2 is 1.96 bits per heavy atom. The lowest BCUT2D eigenvalue weighted by molar-refractivity contribution is -0.123. The number of halogens is 2. The van der Waals surface area contributed by atoms with Gasteiger partial charge >= 0.3 is 0 Å². The molecule has 0 atom stereocenters. The van der Waals surface area contributed by atoms with Gasteiger partial charge in [-0.1, -0.05) is 37.0 Å². The molecule has 1 saturated heterocycles. The maximum atomic E-state index is 12.4. The van der Waals surface area contributed by atoms with Crippen molar-refractivity contribution in [1.82, 2.24) is 4.90 Å². The highest BCUT2D eigenvalue weighted by Crippen LogP contribution is 2.35. The molecule has 0 radical (unpaired) electrons. The number of carbonyl (C=O) groups excluding carboxylic acids is 2. The summed E-state index contributed by atoms with van der Waals surface area (Å²) in [4.78, 5) is 26.0. The first-order chi connectivity index (χ1) is 11.8. The Bertz CT molecular complexity index is 873. The number of benzene rings is 1. The van der Waals surface area contributed by atoms with Gasteiger partial charge in [-0.25, -0.2) is 0 Å². The van der Waals surface area contributed by atoms with E-state index in [1.807, 2.05) is 13.8 Å². The van der Waals surface area contributed by atoms with E-state index in [0.29, 0.717) is 38.6 Å². The molecule has 3 rings (SSSR count). The number of carbonyl (C=O) groups is 2. The Hall–Kier alpha value is -1.69. The molecule has 2 aromatic rings. The van der Waals surface area contributed by atoms with E-state index in [2.05, 4.69) is 0 Å². The van der Waals surface area contributed by atoms with Crippen molar-refractivity contribution < 1.29 is 14.0 Å². The number of furan rings is 1. The second-order valence-corrected chi connectivity index (χ2v) is 7.85. The van der Waals surface area contributed by atoms with Crippen molar-refractivity contribution in [1.29, 1.82) is 0 Å². The lowest BCUT2D eigenvalue weighted by Gasteiger charge is -2.14. The molecule has 7 heteroatoms. The summed E-state index contributed by atoms with van der Waals surface area (Å²) in [5.74, 6) is 0.978. The Morgan fingerprint density at radius 1 is 1.20 bits per heavy atom. The minimum Gasteiger partial charge on any atom is -0.457 e. The largest absolute Gasteiger partial charge is 0.457 e. The molecule has 4 nitrogen and oxygen atoms in total. The van der Waals surface area contributed by atoms with Crippen molar-refractivity contribution >= 4 is 52.2 Å². The normalized spacial score (nSPS) is 16.5. The third-order valence-electron chi connectivity index (χ3n) is 3.52.